The van der Waals surface area contributed by atoms with Gasteiger partial charge >= 0.3 is 0 Å². The van der Waals surface area contributed by atoms with Crippen LogP contribution in [0.3, 0.4) is 0 Å². The first kappa shape index (κ1) is 28.2. The number of anilines is 2. The number of carbonyl (C=O) groups is 4. The molecule has 2 heterocycles. The van der Waals surface area contributed by atoms with Crippen molar-refractivity contribution in [3.63, 3.8) is 0 Å². The highest BCUT2D eigenvalue weighted by atomic mass is 16.3. The molecule has 0 aromatic heterocycles. The maximum Gasteiger partial charge on any atom is 0.241 e. The molecular formula is C39H32N2O5. The van der Waals surface area contributed by atoms with Crippen LogP contribution in [0.25, 0.3) is 16.8 Å². The average Bonchev–Trinajstić information content (AvgIpc) is 3.45. The van der Waals surface area contributed by atoms with Crippen LogP contribution in [0.1, 0.15) is 36.8 Å². The van der Waals surface area contributed by atoms with Gasteiger partial charge in [0.2, 0.25) is 23.6 Å². The van der Waals surface area contributed by atoms with Crippen molar-refractivity contribution >= 4 is 51.9 Å². The number of hydrogen-bond acceptors (Lipinski definition) is 5. The highest BCUT2D eigenvalue weighted by Gasteiger charge is 2.67. The van der Waals surface area contributed by atoms with Crippen molar-refractivity contribution < 1.29 is 24.3 Å². The first-order chi connectivity index (χ1) is 22.3. The maximum atomic E-state index is 14.7. The van der Waals surface area contributed by atoms with Crippen LogP contribution in [0.2, 0.25) is 0 Å². The standard InChI is InChI=1S/C39H32N2O5/c1-3-22-13-15-24(16-14-22)40-35(43)29-18-17-28-30(33(29)37(40)45)21-31-36(44)41(23-9-5-4-6-10-23)38(46)39(31,2)34(28)27-19-20-32(42)26-12-8-7-11-25(26)27/h3-17,19-20,29-31,33-34,42H,1,18,21H2,2H3/t29-,30+,31-,33-,34-,39+/m0/s1. The monoisotopic (exact) mass is 608 g/mol. The van der Waals surface area contributed by atoms with E-state index in [1.54, 1.807) is 48.5 Å². The highest BCUT2D eigenvalue weighted by molar-refractivity contribution is 6.25. The largest absolute Gasteiger partial charge is 0.507 e. The summed E-state index contributed by atoms with van der Waals surface area (Å²) >= 11 is 0. The van der Waals surface area contributed by atoms with Crippen molar-refractivity contribution in [3.05, 3.63) is 120 Å². The summed E-state index contributed by atoms with van der Waals surface area (Å²) in [6, 6.07) is 27.1. The number of phenols is 1. The lowest BCUT2D eigenvalue weighted by atomic mass is 9.51. The van der Waals surface area contributed by atoms with E-state index in [0.29, 0.717) is 23.2 Å². The third-order valence-electron chi connectivity index (χ3n) is 10.9. The summed E-state index contributed by atoms with van der Waals surface area (Å²) in [5.74, 6) is -3.87. The smallest absolute Gasteiger partial charge is 0.241 e. The third kappa shape index (κ3) is 3.71. The van der Waals surface area contributed by atoms with Gasteiger partial charge in [-0.2, -0.15) is 0 Å². The van der Waals surface area contributed by atoms with Gasteiger partial charge in [-0.15, -0.1) is 0 Å². The minimum atomic E-state index is -1.16. The summed E-state index contributed by atoms with van der Waals surface area (Å²) in [4.78, 5) is 59.9. The topological polar surface area (TPSA) is 95.0 Å². The average molecular weight is 609 g/mol. The van der Waals surface area contributed by atoms with Gasteiger partial charge in [-0.1, -0.05) is 85.0 Å². The maximum absolute atomic E-state index is 14.7. The van der Waals surface area contributed by atoms with Crippen molar-refractivity contribution in [1.29, 1.82) is 0 Å². The molecule has 0 bridgehead atoms. The molecule has 0 radical (unpaired) electrons. The number of aromatic hydroxyl groups is 1. The number of fused-ring (bicyclic) bond motifs is 5. The zero-order valence-electron chi connectivity index (χ0n) is 25.3. The molecule has 46 heavy (non-hydrogen) atoms. The highest BCUT2D eigenvalue weighted by Crippen LogP contribution is 2.64. The van der Waals surface area contributed by atoms with Crippen molar-refractivity contribution in [2.24, 2.45) is 29.1 Å². The Morgan fingerprint density at radius 3 is 2.15 bits per heavy atom. The van der Waals surface area contributed by atoms with Gasteiger partial charge in [0.05, 0.1) is 34.5 Å². The summed E-state index contributed by atoms with van der Waals surface area (Å²) in [5.41, 5.74) is 2.48. The number of hydrogen-bond donors (Lipinski definition) is 1. The number of para-hydroxylation sites is 1. The van der Waals surface area contributed by atoms with E-state index in [4.69, 9.17) is 0 Å². The quantitative estimate of drug-likeness (QED) is 0.208. The lowest BCUT2D eigenvalue weighted by Crippen LogP contribution is -2.49. The predicted octanol–water partition coefficient (Wildman–Crippen LogP) is 6.62. The van der Waals surface area contributed by atoms with Crippen LogP contribution in [0.5, 0.6) is 5.75 Å². The molecule has 1 N–H and O–H groups in total. The van der Waals surface area contributed by atoms with E-state index >= 15 is 0 Å². The van der Waals surface area contributed by atoms with Crippen LogP contribution in [-0.2, 0) is 19.2 Å². The Hall–Kier alpha value is -5.30. The minimum absolute atomic E-state index is 0.125. The van der Waals surface area contributed by atoms with E-state index in [9.17, 15) is 24.3 Å². The molecule has 228 valence electrons. The first-order valence-corrected chi connectivity index (χ1v) is 15.7. The summed E-state index contributed by atoms with van der Waals surface area (Å²) in [7, 11) is 0. The molecule has 0 unspecified atom stereocenters. The van der Waals surface area contributed by atoms with Crippen molar-refractivity contribution in [3.8, 4) is 5.75 Å². The molecule has 4 aliphatic rings. The third-order valence-corrected chi connectivity index (χ3v) is 10.9. The van der Waals surface area contributed by atoms with Crippen LogP contribution in [0, 0.1) is 29.1 Å². The fraction of sp³-hybridized carbons (Fsp3) is 0.231. The molecule has 2 aliphatic carbocycles. The summed E-state index contributed by atoms with van der Waals surface area (Å²) in [5, 5.41) is 12.2. The fourth-order valence-electron chi connectivity index (χ4n) is 8.75. The number of rotatable bonds is 4. The van der Waals surface area contributed by atoms with Crippen LogP contribution in [-0.4, -0.2) is 28.7 Å². The van der Waals surface area contributed by atoms with E-state index in [1.807, 2.05) is 55.5 Å². The molecule has 7 nitrogen and oxygen atoms in total. The second kappa shape index (κ2) is 10.1. The first-order valence-electron chi connectivity index (χ1n) is 15.7. The van der Waals surface area contributed by atoms with Gasteiger partial charge in [-0.3, -0.25) is 24.1 Å². The Labute approximate surface area is 266 Å². The SMILES string of the molecule is C=Cc1ccc(N2C(=O)[C@H]3[C@H](CC=C4[C@H]3C[C@H]3C(=O)N(c5ccccc5)C(=O)[C@@]3(C)[C@H]4c3ccc(O)c4ccccc34)C2=O)cc1. The van der Waals surface area contributed by atoms with Crippen LogP contribution >= 0.6 is 0 Å². The molecular weight excluding hydrogens is 576 g/mol. The van der Waals surface area contributed by atoms with Crippen LogP contribution < -0.4 is 9.80 Å². The number of amides is 4. The van der Waals surface area contributed by atoms with Gasteiger partial charge in [-0.25, -0.2) is 4.90 Å². The molecule has 7 heteroatoms. The van der Waals surface area contributed by atoms with Gasteiger partial charge in [0.25, 0.3) is 0 Å². The van der Waals surface area contributed by atoms with E-state index < -0.39 is 35.0 Å². The molecule has 4 aromatic rings. The number of phenolic OH excluding ortho intramolecular Hbond substituents is 1. The summed E-state index contributed by atoms with van der Waals surface area (Å²) in [6.07, 6.45) is 4.41. The number of allylic oxidation sites excluding steroid dienone is 2. The molecule has 0 spiro atoms. The molecule has 4 aromatic carbocycles. The molecule has 4 amide bonds. The molecule has 2 aliphatic heterocycles. The molecule has 2 saturated heterocycles. The van der Waals surface area contributed by atoms with Crippen molar-refractivity contribution in [2.75, 3.05) is 9.80 Å². The van der Waals surface area contributed by atoms with Gasteiger partial charge in [-0.05, 0) is 72.5 Å². The Morgan fingerprint density at radius 1 is 0.761 bits per heavy atom. The summed E-state index contributed by atoms with van der Waals surface area (Å²) < 4.78 is 0. The fourth-order valence-corrected chi connectivity index (χ4v) is 8.75. The number of benzene rings is 4. The Kier molecular flexibility index (Phi) is 6.19. The van der Waals surface area contributed by atoms with Crippen molar-refractivity contribution in [2.45, 2.75) is 25.7 Å². The Balaban J connectivity index is 1.30. The zero-order valence-corrected chi connectivity index (χ0v) is 25.3. The zero-order chi connectivity index (χ0) is 31.9. The minimum Gasteiger partial charge on any atom is -0.507 e. The predicted molar refractivity (Wildman–Crippen MR) is 176 cm³/mol. The molecule has 3 fully saturated rings. The van der Waals surface area contributed by atoms with E-state index in [-0.39, 0.29) is 35.8 Å². The normalized spacial score (nSPS) is 28.6. The van der Waals surface area contributed by atoms with E-state index in [0.717, 1.165) is 22.1 Å². The number of nitrogens with zero attached hydrogens (tertiary/aromatic N) is 2. The lowest BCUT2D eigenvalue weighted by molar-refractivity contribution is -0.131. The van der Waals surface area contributed by atoms with Crippen molar-refractivity contribution in [1.82, 2.24) is 0 Å². The number of carbonyl (C=O) groups excluding carboxylic acids is 4. The second-order valence-electron chi connectivity index (χ2n) is 13.0. The van der Waals surface area contributed by atoms with E-state index in [2.05, 4.69) is 12.7 Å². The molecule has 1 saturated carbocycles. The van der Waals surface area contributed by atoms with Crippen LogP contribution in [0.15, 0.2) is 109 Å². The number of imide groups is 2. The summed E-state index contributed by atoms with van der Waals surface area (Å²) in [6.45, 7) is 5.67. The molecule has 8 rings (SSSR count). The second-order valence-corrected chi connectivity index (χ2v) is 13.0. The Morgan fingerprint density at radius 2 is 1.43 bits per heavy atom. The molecule has 6 atom stereocenters. The Bertz CT molecular complexity index is 2020. The lowest BCUT2D eigenvalue weighted by Gasteiger charge is -2.49. The van der Waals surface area contributed by atoms with Gasteiger partial charge in [0, 0.05) is 11.3 Å². The van der Waals surface area contributed by atoms with E-state index in [1.165, 1.54) is 9.80 Å². The van der Waals surface area contributed by atoms with Crippen LogP contribution in [0.4, 0.5) is 11.4 Å². The van der Waals surface area contributed by atoms with Gasteiger partial charge in [0.15, 0.2) is 0 Å². The van der Waals surface area contributed by atoms with Gasteiger partial charge < -0.3 is 5.11 Å². The van der Waals surface area contributed by atoms with Gasteiger partial charge in [0.1, 0.15) is 5.75 Å².